The van der Waals surface area contributed by atoms with Gasteiger partial charge in [0.05, 0.1) is 22.0 Å². The van der Waals surface area contributed by atoms with Crippen molar-refractivity contribution in [2.45, 2.75) is 0 Å². The van der Waals surface area contributed by atoms with Crippen LogP contribution in [0.25, 0.3) is 33.1 Å². The molecule has 0 saturated heterocycles. The first-order valence-electron chi connectivity index (χ1n) is 7.53. The smallest absolute Gasteiger partial charge is 0.0894 e. The summed E-state index contributed by atoms with van der Waals surface area (Å²) < 4.78 is 0. The molecule has 4 rings (SSSR count). The van der Waals surface area contributed by atoms with E-state index in [1.165, 1.54) is 0 Å². The Morgan fingerprint density at radius 3 is 2.38 bits per heavy atom. The van der Waals surface area contributed by atoms with E-state index in [0.717, 1.165) is 38.1 Å². The van der Waals surface area contributed by atoms with Crippen LogP contribution in [0.1, 0.15) is 0 Å². The van der Waals surface area contributed by atoms with Crippen molar-refractivity contribution in [3.8, 4) is 33.1 Å². The molecule has 0 aliphatic rings. The lowest BCUT2D eigenvalue weighted by Gasteiger charge is -2.10. The van der Waals surface area contributed by atoms with Crippen molar-refractivity contribution < 1.29 is 0 Å². The van der Waals surface area contributed by atoms with E-state index in [-0.39, 0.29) is 0 Å². The molecular formula is C20H13ClN2S. The highest BCUT2D eigenvalue weighted by molar-refractivity contribution is 7.13. The second-order valence-electron chi connectivity index (χ2n) is 5.29. The van der Waals surface area contributed by atoms with E-state index in [9.17, 15) is 0 Å². The van der Waals surface area contributed by atoms with Crippen molar-refractivity contribution in [1.82, 2.24) is 9.97 Å². The first-order chi connectivity index (χ1) is 11.8. The van der Waals surface area contributed by atoms with Crippen LogP contribution in [-0.4, -0.2) is 9.97 Å². The number of nitrogens with zero attached hydrogens (tertiary/aromatic N) is 2. The molecule has 0 aliphatic heterocycles. The molecule has 0 fully saturated rings. The molecule has 24 heavy (non-hydrogen) atoms. The highest BCUT2D eigenvalue weighted by atomic mass is 35.5. The highest BCUT2D eigenvalue weighted by Crippen LogP contribution is 2.35. The molecule has 116 valence electrons. The lowest BCUT2D eigenvalue weighted by atomic mass is 10.0. The van der Waals surface area contributed by atoms with E-state index in [1.807, 2.05) is 54.6 Å². The minimum Gasteiger partial charge on any atom is -0.255 e. The average Bonchev–Trinajstić information content (AvgIpc) is 3.17. The molecule has 4 heteroatoms. The summed E-state index contributed by atoms with van der Waals surface area (Å²) in [5.41, 5.74) is 4.90. The SMILES string of the molecule is Clc1ccc(-c2ccc(-c3ccccn3)nc2-c2cccs2)cc1. The molecule has 1 aromatic carbocycles. The van der Waals surface area contributed by atoms with Gasteiger partial charge >= 0.3 is 0 Å². The molecule has 0 spiro atoms. The Morgan fingerprint density at radius 2 is 1.67 bits per heavy atom. The molecule has 0 bridgehead atoms. The minimum atomic E-state index is 0.731. The van der Waals surface area contributed by atoms with E-state index in [2.05, 4.69) is 22.5 Å². The molecular weight excluding hydrogens is 336 g/mol. The summed E-state index contributed by atoms with van der Waals surface area (Å²) in [6, 6.07) is 22.0. The number of halogens is 1. The number of hydrogen-bond acceptors (Lipinski definition) is 3. The van der Waals surface area contributed by atoms with Crippen molar-refractivity contribution in [3.05, 3.63) is 83.3 Å². The largest absolute Gasteiger partial charge is 0.255 e. The molecule has 3 heterocycles. The molecule has 0 saturated carbocycles. The van der Waals surface area contributed by atoms with E-state index in [1.54, 1.807) is 17.5 Å². The second-order valence-corrected chi connectivity index (χ2v) is 6.68. The molecule has 0 unspecified atom stereocenters. The van der Waals surface area contributed by atoms with E-state index in [4.69, 9.17) is 16.6 Å². The van der Waals surface area contributed by atoms with Crippen LogP contribution in [0.2, 0.25) is 5.02 Å². The first kappa shape index (κ1) is 15.1. The number of aromatic nitrogens is 2. The van der Waals surface area contributed by atoms with Crippen molar-refractivity contribution in [3.63, 3.8) is 0 Å². The monoisotopic (exact) mass is 348 g/mol. The molecule has 2 nitrogen and oxygen atoms in total. The summed E-state index contributed by atoms with van der Waals surface area (Å²) in [5.74, 6) is 0. The molecule has 0 atom stereocenters. The van der Waals surface area contributed by atoms with Crippen LogP contribution in [0.15, 0.2) is 78.3 Å². The van der Waals surface area contributed by atoms with Gasteiger partial charge in [-0.05, 0) is 53.4 Å². The maximum Gasteiger partial charge on any atom is 0.0894 e. The summed E-state index contributed by atoms with van der Waals surface area (Å²) in [4.78, 5) is 10.4. The maximum absolute atomic E-state index is 6.02. The van der Waals surface area contributed by atoms with Gasteiger partial charge in [0, 0.05) is 16.8 Å². The maximum atomic E-state index is 6.02. The molecule has 0 amide bonds. The summed E-state index contributed by atoms with van der Waals surface area (Å²) in [6.07, 6.45) is 1.79. The fraction of sp³-hybridized carbons (Fsp3) is 0. The predicted molar refractivity (Wildman–Crippen MR) is 101 cm³/mol. The van der Waals surface area contributed by atoms with Gasteiger partial charge in [-0.2, -0.15) is 0 Å². The Labute approximate surface area is 149 Å². The van der Waals surface area contributed by atoms with Gasteiger partial charge in [0.25, 0.3) is 0 Å². The lowest BCUT2D eigenvalue weighted by Crippen LogP contribution is -1.92. The zero-order valence-corrected chi connectivity index (χ0v) is 14.3. The van der Waals surface area contributed by atoms with E-state index < -0.39 is 0 Å². The van der Waals surface area contributed by atoms with Gasteiger partial charge in [-0.3, -0.25) is 4.98 Å². The second kappa shape index (κ2) is 6.56. The van der Waals surface area contributed by atoms with Crippen LogP contribution in [0.3, 0.4) is 0 Å². The standard InChI is InChI=1S/C20H13ClN2S/c21-15-8-6-14(7-9-15)16-10-11-18(17-4-1-2-12-22-17)23-20(16)19-5-3-13-24-19/h1-13H. The van der Waals surface area contributed by atoms with Crippen LogP contribution < -0.4 is 0 Å². The van der Waals surface area contributed by atoms with Gasteiger partial charge < -0.3 is 0 Å². The first-order valence-corrected chi connectivity index (χ1v) is 8.79. The van der Waals surface area contributed by atoms with Gasteiger partial charge in [-0.1, -0.05) is 35.9 Å². The topological polar surface area (TPSA) is 25.8 Å². The summed E-state index contributed by atoms with van der Waals surface area (Å²) >= 11 is 7.70. The third-order valence-electron chi connectivity index (χ3n) is 3.73. The van der Waals surface area contributed by atoms with Crippen molar-refractivity contribution in [2.24, 2.45) is 0 Å². The Kier molecular flexibility index (Phi) is 4.11. The summed E-state index contributed by atoms with van der Waals surface area (Å²) in [6.45, 7) is 0. The van der Waals surface area contributed by atoms with Gasteiger partial charge in [0.2, 0.25) is 0 Å². The summed E-state index contributed by atoms with van der Waals surface area (Å²) in [7, 11) is 0. The van der Waals surface area contributed by atoms with Crippen molar-refractivity contribution in [1.29, 1.82) is 0 Å². The van der Waals surface area contributed by atoms with Crippen molar-refractivity contribution in [2.75, 3.05) is 0 Å². The molecule has 0 aliphatic carbocycles. The van der Waals surface area contributed by atoms with Crippen molar-refractivity contribution >= 4 is 22.9 Å². The van der Waals surface area contributed by atoms with Crippen LogP contribution in [0.5, 0.6) is 0 Å². The number of benzene rings is 1. The van der Waals surface area contributed by atoms with Gasteiger partial charge in [0.15, 0.2) is 0 Å². The normalized spacial score (nSPS) is 10.7. The Morgan fingerprint density at radius 1 is 0.792 bits per heavy atom. The third-order valence-corrected chi connectivity index (χ3v) is 4.86. The molecule has 4 aromatic rings. The fourth-order valence-electron chi connectivity index (χ4n) is 2.58. The van der Waals surface area contributed by atoms with Crippen LogP contribution in [0.4, 0.5) is 0 Å². The Balaban J connectivity index is 1.89. The van der Waals surface area contributed by atoms with Crippen LogP contribution >= 0.6 is 22.9 Å². The molecule has 0 N–H and O–H groups in total. The van der Waals surface area contributed by atoms with Gasteiger partial charge in [-0.15, -0.1) is 11.3 Å². The van der Waals surface area contributed by atoms with Crippen LogP contribution in [-0.2, 0) is 0 Å². The predicted octanol–water partition coefficient (Wildman–Crippen LogP) is 6.19. The number of pyridine rings is 2. The number of hydrogen-bond donors (Lipinski definition) is 0. The van der Waals surface area contributed by atoms with Gasteiger partial charge in [-0.25, -0.2) is 4.98 Å². The van der Waals surface area contributed by atoms with Gasteiger partial charge in [0.1, 0.15) is 0 Å². The quantitative estimate of drug-likeness (QED) is 0.441. The zero-order chi connectivity index (χ0) is 16.4. The third kappa shape index (κ3) is 2.96. The lowest BCUT2D eigenvalue weighted by molar-refractivity contribution is 1.25. The fourth-order valence-corrected chi connectivity index (χ4v) is 3.43. The van der Waals surface area contributed by atoms with Crippen LogP contribution in [0, 0.1) is 0 Å². The number of rotatable bonds is 3. The minimum absolute atomic E-state index is 0.731. The highest BCUT2D eigenvalue weighted by Gasteiger charge is 2.12. The Hall–Kier alpha value is -2.49. The summed E-state index contributed by atoms with van der Waals surface area (Å²) in [5, 5.41) is 2.80. The zero-order valence-electron chi connectivity index (χ0n) is 12.7. The Bertz CT molecular complexity index is 949. The molecule has 3 aromatic heterocycles. The number of thiophene rings is 1. The van der Waals surface area contributed by atoms with E-state index >= 15 is 0 Å². The van der Waals surface area contributed by atoms with E-state index in [0.29, 0.717) is 0 Å². The average molecular weight is 349 g/mol. The molecule has 0 radical (unpaired) electrons.